The molecule has 0 amide bonds. The topological polar surface area (TPSA) is 41.3 Å². The van der Waals surface area contributed by atoms with Gasteiger partial charge in [0.1, 0.15) is 0 Å². The van der Waals surface area contributed by atoms with Crippen molar-refractivity contribution in [1.29, 1.82) is 0 Å². The SMILES string of the molecule is CC(O)CC1CCCCN1Cc1ccn(C)n1. The van der Waals surface area contributed by atoms with E-state index >= 15 is 0 Å². The summed E-state index contributed by atoms with van der Waals surface area (Å²) < 4.78 is 1.85. The molecule has 96 valence electrons. The van der Waals surface area contributed by atoms with Crippen LogP contribution in [0.25, 0.3) is 0 Å². The molecule has 1 N–H and O–H groups in total. The molecule has 1 saturated heterocycles. The van der Waals surface area contributed by atoms with Gasteiger partial charge in [0.15, 0.2) is 0 Å². The Bertz CT molecular complexity index is 348. The summed E-state index contributed by atoms with van der Waals surface area (Å²) in [7, 11) is 1.95. The molecular weight excluding hydrogens is 214 g/mol. The van der Waals surface area contributed by atoms with Crippen LogP contribution in [0.15, 0.2) is 12.3 Å². The van der Waals surface area contributed by atoms with Crippen molar-refractivity contribution in [1.82, 2.24) is 14.7 Å². The average molecular weight is 237 g/mol. The van der Waals surface area contributed by atoms with Gasteiger partial charge >= 0.3 is 0 Å². The molecule has 4 nitrogen and oxygen atoms in total. The van der Waals surface area contributed by atoms with Crippen LogP contribution in [0.2, 0.25) is 0 Å². The lowest BCUT2D eigenvalue weighted by molar-refractivity contribution is 0.0808. The molecule has 17 heavy (non-hydrogen) atoms. The van der Waals surface area contributed by atoms with Gasteiger partial charge in [0.25, 0.3) is 0 Å². The van der Waals surface area contributed by atoms with Gasteiger partial charge in [-0.25, -0.2) is 0 Å². The third-order valence-electron chi connectivity index (χ3n) is 3.50. The summed E-state index contributed by atoms with van der Waals surface area (Å²) in [5.74, 6) is 0. The highest BCUT2D eigenvalue weighted by Crippen LogP contribution is 2.22. The molecule has 0 bridgehead atoms. The molecule has 0 saturated carbocycles. The number of nitrogens with zero attached hydrogens (tertiary/aromatic N) is 3. The maximum Gasteiger partial charge on any atom is 0.0764 e. The Morgan fingerprint density at radius 1 is 1.53 bits per heavy atom. The summed E-state index contributed by atoms with van der Waals surface area (Å²) in [6.45, 7) is 3.93. The molecule has 0 aliphatic carbocycles. The van der Waals surface area contributed by atoms with Crippen molar-refractivity contribution in [2.24, 2.45) is 7.05 Å². The smallest absolute Gasteiger partial charge is 0.0764 e. The molecule has 2 atom stereocenters. The fraction of sp³-hybridized carbons (Fsp3) is 0.769. The number of aliphatic hydroxyl groups is 1. The normalized spacial score (nSPS) is 23.8. The Morgan fingerprint density at radius 3 is 3.00 bits per heavy atom. The van der Waals surface area contributed by atoms with Gasteiger partial charge in [-0.05, 0) is 38.8 Å². The van der Waals surface area contributed by atoms with Crippen molar-refractivity contribution >= 4 is 0 Å². The second kappa shape index (κ2) is 5.65. The van der Waals surface area contributed by atoms with Gasteiger partial charge in [-0.2, -0.15) is 5.10 Å². The zero-order chi connectivity index (χ0) is 12.3. The molecule has 0 radical (unpaired) electrons. The van der Waals surface area contributed by atoms with Crippen LogP contribution in [-0.2, 0) is 13.6 Å². The number of hydrogen-bond donors (Lipinski definition) is 1. The van der Waals surface area contributed by atoms with Crippen molar-refractivity contribution in [3.8, 4) is 0 Å². The van der Waals surface area contributed by atoms with Crippen molar-refractivity contribution in [3.05, 3.63) is 18.0 Å². The zero-order valence-electron chi connectivity index (χ0n) is 10.8. The molecule has 1 aliphatic rings. The molecule has 4 heteroatoms. The fourth-order valence-corrected chi connectivity index (χ4v) is 2.68. The number of aliphatic hydroxyl groups excluding tert-OH is 1. The first-order valence-corrected chi connectivity index (χ1v) is 6.56. The van der Waals surface area contributed by atoms with Crippen molar-refractivity contribution < 1.29 is 5.11 Å². The van der Waals surface area contributed by atoms with Crippen LogP contribution >= 0.6 is 0 Å². The Labute approximate surface area is 103 Å². The number of aryl methyl sites for hydroxylation is 1. The molecule has 1 aromatic rings. The lowest BCUT2D eigenvalue weighted by Gasteiger charge is -2.36. The zero-order valence-corrected chi connectivity index (χ0v) is 10.8. The highest BCUT2D eigenvalue weighted by molar-refractivity contribution is 4.99. The Morgan fingerprint density at radius 2 is 2.35 bits per heavy atom. The van der Waals surface area contributed by atoms with Gasteiger partial charge < -0.3 is 5.11 Å². The van der Waals surface area contributed by atoms with Crippen molar-refractivity contribution in [2.75, 3.05) is 6.54 Å². The molecule has 2 rings (SSSR count). The van der Waals surface area contributed by atoms with Gasteiger partial charge in [0.05, 0.1) is 11.8 Å². The summed E-state index contributed by atoms with van der Waals surface area (Å²) in [4.78, 5) is 2.47. The van der Waals surface area contributed by atoms with Gasteiger partial charge in [-0.3, -0.25) is 9.58 Å². The minimum Gasteiger partial charge on any atom is -0.393 e. The molecular formula is C13H23N3O. The first-order chi connectivity index (χ1) is 8.15. The monoisotopic (exact) mass is 237 g/mol. The Kier molecular flexibility index (Phi) is 4.18. The summed E-state index contributed by atoms with van der Waals surface area (Å²) in [5.41, 5.74) is 1.13. The van der Waals surface area contributed by atoms with Crippen molar-refractivity contribution in [2.45, 2.75) is 51.3 Å². The van der Waals surface area contributed by atoms with E-state index in [1.165, 1.54) is 19.3 Å². The average Bonchev–Trinajstić information content (AvgIpc) is 2.66. The highest BCUT2D eigenvalue weighted by atomic mass is 16.3. The lowest BCUT2D eigenvalue weighted by Crippen LogP contribution is -2.40. The van der Waals surface area contributed by atoms with Crippen LogP contribution in [0.5, 0.6) is 0 Å². The number of likely N-dealkylation sites (tertiary alicyclic amines) is 1. The first-order valence-electron chi connectivity index (χ1n) is 6.56. The van der Waals surface area contributed by atoms with Gasteiger partial charge in [-0.15, -0.1) is 0 Å². The summed E-state index contributed by atoms with van der Waals surface area (Å²) in [5, 5.41) is 14.0. The predicted octanol–water partition coefficient (Wildman–Crippen LogP) is 1.55. The van der Waals surface area contributed by atoms with Crippen molar-refractivity contribution in [3.63, 3.8) is 0 Å². The van der Waals surface area contributed by atoms with Crippen LogP contribution in [0.1, 0.15) is 38.3 Å². The second-order valence-corrected chi connectivity index (χ2v) is 5.19. The van der Waals surface area contributed by atoms with E-state index in [0.29, 0.717) is 6.04 Å². The minimum absolute atomic E-state index is 0.204. The van der Waals surface area contributed by atoms with Gasteiger partial charge in [0, 0.05) is 25.8 Å². The second-order valence-electron chi connectivity index (χ2n) is 5.19. The number of piperidine rings is 1. The number of rotatable bonds is 4. The Balaban J connectivity index is 1.96. The summed E-state index contributed by atoms with van der Waals surface area (Å²) in [6, 6.07) is 2.60. The van der Waals surface area contributed by atoms with E-state index in [9.17, 15) is 5.11 Å². The third-order valence-corrected chi connectivity index (χ3v) is 3.50. The molecule has 1 fully saturated rings. The van der Waals surface area contributed by atoms with Crippen LogP contribution in [0.4, 0.5) is 0 Å². The largest absolute Gasteiger partial charge is 0.393 e. The Hall–Kier alpha value is -0.870. The maximum absolute atomic E-state index is 9.55. The van der Waals surface area contributed by atoms with Crippen LogP contribution < -0.4 is 0 Å². The molecule has 1 aromatic heterocycles. The van der Waals surface area contributed by atoms with E-state index in [4.69, 9.17) is 0 Å². The molecule has 0 spiro atoms. The van der Waals surface area contributed by atoms with E-state index < -0.39 is 0 Å². The fourth-order valence-electron chi connectivity index (χ4n) is 2.68. The quantitative estimate of drug-likeness (QED) is 0.863. The van der Waals surface area contributed by atoms with E-state index in [-0.39, 0.29) is 6.10 Å². The van der Waals surface area contributed by atoms with Crippen LogP contribution in [0, 0.1) is 0 Å². The van der Waals surface area contributed by atoms with Crippen LogP contribution in [0.3, 0.4) is 0 Å². The molecule has 1 aliphatic heterocycles. The first kappa shape index (κ1) is 12.6. The number of hydrogen-bond acceptors (Lipinski definition) is 3. The molecule has 2 unspecified atom stereocenters. The number of aromatic nitrogens is 2. The van der Waals surface area contributed by atoms with E-state index in [1.807, 2.05) is 24.9 Å². The molecule has 0 aromatic carbocycles. The van der Waals surface area contributed by atoms with Gasteiger partial charge in [-0.1, -0.05) is 6.42 Å². The lowest BCUT2D eigenvalue weighted by atomic mass is 9.97. The highest BCUT2D eigenvalue weighted by Gasteiger charge is 2.24. The van der Waals surface area contributed by atoms with Crippen LogP contribution in [-0.4, -0.2) is 38.5 Å². The minimum atomic E-state index is -0.204. The maximum atomic E-state index is 9.55. The van der Waals surface area contributed by atoms with E-state index in [1.54, 1.807) is 0 Å². The summed E-state index contributed by atoms with van der Waals surface area (Å²) in [6.07, 6.45) is 6.43. The molecule has 2 heterocycles. The van der Waals surface area contributed by atoms with Gasteiger partial charge in [0.2, 0.25) is 0 Å². The predicted molar refractivity (Wildman–Crippen MR) is 67.6 cm³/mol. The summed E-state index contributed by atoms with van der Waals surface area (Å²) >= 11 is 0. The van der Waals surface area contributed by atoms with E-state index in [2.05, 4.69) is 16.1 Å². The standard InChI is InChI=1S/C13H23N3O/c1-11(17)9-13-5-3-4-7-16(13)10-12-6-8-15(2)14-12/h6,8,11,13,17H,3-5,7,9-10H2,1-2H3. The third kappa shape index (κ3) is 3.54. The van der Waals surface area contributed by atoms with E-state index in [0.717, 1.165) is 25.2 Å².